The van der Waals surface area contributed by atoms with E-state index in [1.54, 1.807) is 6.07 Å². The maximum absolute atomic E-state index is 10.3. The Hall–Kier alpha value is -1.25. The zero-order valence-corrected chi connectivity index (χ0v) is 6.33. The van der Waals surface area contributed by atoms with Crippen LogP contribution in [0.4, 0.5) is 0 Å². The highest BCUT2D eigenvalue weighted by Gasteiger charge is 2.07. The number of hydrogen-bond acceptors (Lipinski definition) is 2. The zero-order valence-electron chi connectivity index (χ0n) is 6.33. The molecule has 60 valence electrons. The molecule has 0 spiro atoms. The van der Waals surface area contributed by atoms with Crippen molar-refractivity contribution < 1.29 is 14.3 Å². The molecule has 11 heavy (non-hydrogen) atoms. The second-order valence-electron chi connectivity index (χ2n) is 2.37. The van der Waals surface area contributed by atoms with E-state index in [0.29, 0.717) is 0 Å². The fraction of sp³-hybridized carbons (Fsp3) is 0.375. The van der Waals surface area contributed by atoms with Gasteiger partial charge in [0.25, 0.3) is 0 Å². The number of aromatic carboxylic acids is 1. The first kappa shape index (κ1) is 7.85. The largest absolute Gasteiger partial charge is 0.475 e. The van der Waals surface area contributed by atoms with Crippen LogP contribution < -0.4 is 0 Å². The van der Waals surface area contributed by atoms with Crippen LogP contribution in [0.2, 0.25) is 0 Å². The first-order valence-electron chi connectivity index (χ1n) is 3.54. The molecule has 0 radical (unpaired) electrons. The van der Waals surface area contributed by atoms with Crippen LogP contribution in [0.1, 0.15) is 29.5 Å². The number of carbonyl (C=O) groups is 1. The lowest BCUT2D eigenvalue weighted by Crippen LogP contribution is -1.91. The maximum Gasteiger partial charge on any atom is 0.371 e. The minimum absolute atomic E-state index is 0.0217. The first-order chi connectivity index (χ1) is 5.24. The smallest absolute Gasteiger partial charge is 0.371 e. The summed E-state index contributed by atoms with van der Waals surface area (Å²) in [5.74, 6) is -0.985. The van der Waals surface area contributed by atoms with Crippen LogP contribution in [0, 0.1) is 0 Å². The van der Waals surface area contributed by atoms with Crippen molar-refractivity contribution in [2.45, 2.75) is 19.8 Å². The van der Waals surface area contributed by atoms with Crippen LogP contribution >= 0.6 is 0 Å². The summed E-state index contributed by atoms with van der Waals surface area (Å²) in [5, 5.41) is 8.47. The van der Waals surface area contributed by atoms with Gasteiger partial charge in [0.15, 0.2) is 0 Å². The van der Waals surface area contributed by atoms with Gasteiger partial charge < -0.3 is 9.52 Å². The summed E-state index contributed by atoms with van der Waals surface area (Å²) < 4.78 is 4.78. The number of carboxylic acid groups (broad SMARTS) is 1. The van der Waals surface area contributed by atoms with Gasteiger partial charge in [0.1, 0.15) is 0 Å². The van der Waals surface area contributed by atoms with Gasteiger partial charge in [-0.3, -0.25) is 0 Å². The Morgan fingerprint density at radius 2 is 2.45 bits per heavy atom. The van der Waals surface area contributed by atoms with Gasteiger partial charge in [-0.1, -0.05) is 13.3 Å². The third-order valence-electron chi connectivity index (χ3n) is 1.40. The Kier molecular flexibility index (Phi) is 2.31. The van der Waals surface area contributed by atoms with E-state index in [-0.39, 0.29) is 5.76 Å². The van der Waals surface area contributed by atoms with Crippen molar-refractivity contribution in [2.75, 3.05) is 0 Å². The summed E-state index contributed by atoms with van der Waals surface area (Å²) in [7, 11) is 0. The number of aryl methyl sites for hydroxylation is 1. The van der Waals surface area contributed by atoms with Crippen molar-refractivity contribution in [3.63, 3.8) is 0 Å². The minimum Gasteiger partial charge on any atom is -0.475 e. The third kappa shape index (κ3) is 1.83. The monoisotopic (exact) mass is 154 g/mol. The predicted molar refractivity (Wildman–Crippen MR) is 39.7 cm³/mol. The standard InChI is InChI=1S/C8H10O3/c1-2-3-6-4-7(8(9)10)11-5-6/h4-5H,2-3H2,1H3,(H,9,10). The quantitative estimate of drug-likeness (QED) is 0.723. The molecule has 0 saturated carbocycles. The van der Waals surface area contributed by atoms with Gasteiger partial charge in [0.05, 0.1) is 6.26 Å². The average Bonchev–Trinajstić information content (AvgIpc) is 2.37. The summed E-state index contributed by atoms with van der Waals surface area (Å²) >= 11 is 0. The molecular formula is C8H10O3. The van der Waals surface area contributed by atoms with Crippen LogP contribution in [0.15, 0.2) is 16.7 Å². The lowest BCUT2D eigenvalue weighted by Gasteiger charge is -1.85. The van der Waals surface area contributed by atoms with Gasteiger partial charge in [-0.25, -0.2) is 4.79 Å². The van der Waals surface area contributed by atoms with E-state index in [4.69, 9.17) is 9.52 Å². The average molecular weight is 154 g/mol. The van der Waals surface area contributed by atoms with Crippen LogP contribution in [-0.4, -0.2) is 11.1 Å². The maximum atomic E-state index is 10.3. The molecule has 0 bridgehead atoms. The van der Waals surface area contributed by atoms with Gasteiger partial charge in [0, 0.05) is 0 Å². The molecule has 0 atom stereocenters. The Morgan fingerprint density at radius 1 is 1.73 bits per heavy atom. The molecule has 1 heterocycles. The lowest BCUT2D eigenvalue weighted by molar-refractivity contribution is 0.0662. The van der Waals surface area contributed by atoms with Gasteiger partial charge in [-0.05, 0) is 18.1 Å². The number of rotatable bonds is 3. The second-order valence-corrected chi connectivity index (χ2v) is 2.37. The molecule has 0 aliphatic carbocycles. The molecule has 0 aromatic carbocycles. The molecular weight excluding hydrogens is 144 g/mol. The van der Waals surface area contributed by atoms with Gasteiger partial charge in [-0.2, -0.15) is 0 Å². The SMILES string of the molecule is CCCc1coc(C(=O)O)c1. The molecule has 0 aliphatic heterocycles. The highest BCUT2D eigenvalue weighted by molar-refractivity contribution is 5.84. The molecule has 1 aromatic rings. The van der Waals surface area contributed by atoms with Gasteiger partial charge in [-0.15, -0.1) is 0 Å². The summed E-state index contributed by atoms with van der Waals surface area (Å²) in [6.45, 7) is 2.04. The van der Waals surface area contributed by atoms with Crippen LogP contribution in [0.3, 0.4) is 0 Å². The Balaban J connectivity index is 2.73. The normalized spacial score (nSPS) is 9.91. The highest BCUT2D eigenvalue weighted by Crippen LogP contribution is 2.09. The van der Waals surface area contributed by atoms with Crippen molar-refractivity contribution in [3.8, 4) is 0 Å². The van der Waals surface area contributed by atoms with E-state index in [1.807, 2.05) is 6.92 Å². The topological polar surface area (TPSA) is 50.4 Å². The molecule has 1 rings (SSSR count). The van der Waals surface area contributed by atoms with E-state index >= 15 is 0 Å². The number of hydrogen-bond donors (Lipinski definition) is 1. The molecule has 1 aromatic heterocycles. The third-order valence-corrected chi connectivity index (χ3v) is 1.40. The Labute approximate surface area is 64.6 Å². The molecule has 0 amide bonds. The molecule has 3 nitrogen and oxygen atoms in total. The molecule has 0 fully saturated rings. The molecule has 0 saturated heterocycles. The van der Waals surface area contributed by atoms with E-state index in [0.717, 1.165) is 18.4 Å². The summed E-state index contributed by atoms with van der Waals surface area (Å²) in [6, 6.07) is 1.56. The first-order valence-corrected chi connectivity index (χ1v) is 3.54. The second kappa shape index (κ2) is 3.23. The summed E-state index contributed by atoms with van der Waals surface area (Å²) in [4.78, 5) is 10.3. The van der Waals surface area contributed by atoms with Crippen molar-refractivity contribution >= 4 is 5.97 Å². The zero-order chi connectivity index (χ0) is 8.27. The lowest BCUT2D eigenvalue weighted by atomic mass is 10.2. The molecule has 3 heteroatoms. The minimum atomic E-state index is -1.01. The van der Waals surface area contributed by atoms with Crippen LogP contribution in [0.5, 0.6) is 0 Å². The molecule has 0 aliphatic rings. The van der Waals surface area contributed by atoms with E-state index in [9.17, 15) is 4.79 Å². The Morgan fingerprint density at radius 3 is 2.91 bits per heavy atom. The van der Waals surface area contributed by atoms with E-state index in [1.165, 1.54) is 6.26 Å². The fourth-order valence-electron chi connectivity index (χ4n) is 0.908. The summed E-state index contributed by atoms with van der Waals surface area (Å²) in [6.07, 6.45) is 3.36. The fourth-order valence-corrected chi connectivity index (χ4v) is 0.908. The van der Waals surface area contributed by atoms with Crippen molar-refractivity contribution in [2.24, 2.45) is 0 Å². The van der Waals surface area contributed by atoms with Crippen LogP contribution in [-0.2, 0) is 6.42 Å². The van der Waals surface area contributed by atoms with Crippen LogP contribution in [0.25, 0.3) is 0 Å². The molecule has 1 N–H and O–H groups in total. The van der Waals surface area contributed by atoms with E-state index in [2.05, 4.69) is 0 Å². The predicted octanol–water partition coefficient (Wildman–Crippen LogP) is 1.93. The summed E-state index contributed by atoms with van der Waals surface area (Å²) in [5.41, 5.74) is 0.949. The van der Waals surface area contributed by atoms with Gasteiger partial charge >= 0.3 is 5.97 Å². The van der Waals surface area contributed by atoms with Gasteiger partial charge in [0.2, 0.25) is 5.76 Å². The number of carboxylic acids is 1. The Bertz CT molecular complexity index is 250. The van der Waals surface area contributed by atoms with E-state index < -0.39 is 5.97 Å². The van der Waals surface area contributed by atoms with Crippen molar-refractivity contribution in [1.82, 2.24) is 0 Å². The molecule has 0 unspecified atom stereocenters. The highest BCUT2D eigenvalue weighted by atomic mass is 16.4. The number of furan rings is 1. The van der Waals surface area contributed by atoms with Crippen molar-refractivity contribution in [1.29, 1.82) is 0 Å². The van der Waals surface area contributed by atoms with Crippen molar-refractivity contribution in [3.05, 3.63) is 23.7 Å².